The number of urea groups is 1. The lowest BCUT2D eigenvalue weighted by atomic mass is 10.1. The zero-order valence-electron chi connectivity index (χ0n) is 14.3. The van der Waals surface area contributed by atoms with Gasteiger partial charge in [-0.1, -0.05) is 0 Å². The van der Waals surface area contributed by atoms with Crippen molar-refractivity contribution in [2.24, 2.45) is 0 Å². The van der Waals surface area contributed by atoms with Gasteiger partial charge in [-0.05, 0) is 43.3 Å². The van der Waals surface area contributed by atoms with Gasteiger partial charge in [-0.2, -0.15) is 0 Å². The van der Waals surface area contributed by atoms with Gasteiger partial charge in [0.1, 0.15) is 0 Å². The molecule has 2 aromatic rings. The van der Waals surface area contributed by atoms with Crippen molar-refractivity contribution >= 4 is 33.3 Å². The molecule has 2 rings (SSSR count). The van der Waals surface area contributed by atoms with E-state index in [1.807, 2.05) is 4.72 Å². The molecule has 0 saturated carbocycles. The highest BCUT2D eigenvalue weighted by Gasteiger charge is 2.20. The van der Waals surface area contributed by atoms with Crippen LogP contribution in [0.1, 0.15) is 15.9 Å². The Balaban J connectivity index is 2.18. The number of sulfonamides is 1. The maximum absolute atomic E-state index is 12.3. The van der Waals surface area contributed by atoms with Crippen molar-refractivity contribution in [2.45, 2.75) is 11.8 Å². The lowest BCUT2D eigenvalue weighted by Crippen LogP contribution is -2.30. The summed E-state index contributed by atoms with van der Waals surface area (Å²) >= 11 is 0. The van der Waals surface area contributed by atoms with E-state index in [1.54, 1.807) is 0 Å². The predicted molar refractivity (Wildman–Crippen MR) is 97.0 cm³/mol. The molecule has 142 valence electrons. The molecule has 0 radical (unpaired) electrons. The molecule has 0 heterocycles. The number of hydrogen-bond donors (Lipinski definition) is 3. The summed E-state index contributed by atoms with van der Waals surface area (Å²) in [6, 6.07) is 8.26. The topological polar surface area (TPSA) is 148 Å². The molecule has 0 unspecified atom stereocenters. The fourth-order valence-electron chi connectivity index (χ4n) is 2.15. The normalized spacial score (nSPS) is 10.7. The van der Waals surface area contributed by atoms with Crippen LogP contribution in [0.3, 0.4) is 0 Å². The lowest BCUT2D eigenvalue weighted by molar-refractivity contribution is -0.385. The Morgan fingerprint density at radius 3 is 2.22 bits per heavy atom. The minimum absolute atomic E-state index is 0.0282. The minimum Gasteiger partial charge on any atom is -0.341 e. The van der Waals surface area contributed by atoms with Crippen molar-refractivity contribution in [1.29, 1.82) is 0 Å². The van der Waals surface area contributed by atoms with Gasteiger partial charge >= 0.3 is 6.03 Å². The number of nitro groups is 1. The summed E-state index contributed by atoms with van der Waals surface area (Å²) in [4.78, 5) is 33.4. The molecular formula is C16H16N4O6S. The molecule has 0 aliphatic rings. The second kappa shape index (κ2) is 7.83. The first-order valence-electron chi connectivity index (χ1n) is 7.55. The maximum Gasteiger partial charge on any atom is 0.318 e. The Morgan fingerprint density at radius 1 is 1.07 bits per heavy atom. The molecule has 0 aliphatic heterocycles. The first-order chi connectivity index (χ1) is 12.6. The molecule has 11 heteroatoms. The number of nitro benzene ring substituents is 1. The Bertz CT molecular complexity index is 1000. The van der Waals surface area contributed by atoms with Crippen molar-refractivity contribution in [3.8, 4) is 0 Å². The monoisotopic (exact) mass is 392 g/mol. The molecular weight excluding hydrogens is 376 g/mol. The zero-order valence-corrected chi connectivity index (χ0v) is 15.2. The molecule has 0 fully saturated rings. The van der Waals surface area contributed by atoms with Crippen molar-refractivity contribution < 1.29 is 22.9 Å². The number of hydrogen-bond acceptors (Lipinski definition) is 6. The highest BCUT2D eigenvalue weighted by Crippen LogP contribution is 2.19. The molecule has 0 atom stereocenters. The maximum atomic E-state index is 12.3. The van der Waals surface area contributed by atoms with Crippen LogP contribution >= 0.6 is 0 Å². The van der Waals surface area contributed by atoms with E-state index in [9.17, 15) is 28.1 Å². The SMILES string of the molecule is CNC(=O)Nc1ccc(S(=O)(=O)NC(=O)c2ccc([N+](=O)[O-])c(C)c2)cc1. The van der Waals surface area contributed by atoms with E-state index in [1.165, 1.54) is 50.4 Å². The van der Waals surface area contributed by atoms with Crippen LogP contribution in [0.4, 0.5) is 16.2 Å². The highest BCUT2D eigenvalue weighted by molar-refractivity contribution is 7.90. The fraction of sp³-hybridized carbons (Fsp3) is 0.125. The molecule has 0 bridgehead atoms. The number of rotatable bonds is 5. The molecule has 0 aliphatic carbocycles. The molecule has 10 nitrogen and oxygen atoms in total. The van der Waals surface area contributed by atoms with Gasteiger partial charge in [0.2, 0.25) is 0 Å². The van der Waals surface area contributed by atoms with Crippen LogP contribution in [0.25, 0.3) is 0 Å². The number of anilines is 1. The van der Waals surface area contributed by atoms with E-state index in [4.69, 9.17) is 0 Å². The number of nitrogens with one attached hydrogen (secondary N) is 3. The summed E-state index contributed by atoms with van der Waals surface area (Å²) in [5, 5.41) is 15.6. The first kappa shape index (κ1) is 19.8. The van der Waals surface area contributed by atoms with E-state index in [2.05, 4.69) is 10.6 Å². The number of carbonyl (C=O) groups is 2. The molecule has 0 spiro atoms. The summed E-state index contributed by atoms with van der Waals surface area (Å²) < 4.78 is 26.6. The number of amides is 3. The smallest absolute Gasteiger partial charge is 0.318 e. The van der Waals surface area contributed by atoms with Crippen molar-refractivity contribution in [3.05, 3.63) is 63.7 Å². The van der Waals surface area contributed by atoms with Gasteiger partial charge in [0, 0.05) is 29.9 Å². The number of benzene rings is 2. The minimum atomic E-state index is -4.16. The fourth-order valence-corrected chi connectivity index (χ4v) is 3.13. The average molecular weight is 392 g/mol. The summed E-state index contributed by atoms with van der Waals surface area (Å²) in [6.07, 6.45) is 0. The van der Waals surface area contributed by atoms with Gasteiger partial charge in [0.05, 0.1) is 9.82 Å². The third-order valence-corrected chi connectivity index (χ3v) is 4.88. The number of carbonyl (C=O) groups excluding carboxylic acids is 2. The zero-order chi connectivity index (χ0) is 20.2. The second-order valence-corrected chi connectivity index (χ2v) is 7.10. The summed E-state index contributed by atoms with van der Waals surface area (Å²) in [5.74, 6) is -0.916. The third-order valence-electron chi connectivity index (χ3n) is 3.53. The van der Waals surface area contributed by atoms with Gasteiger partial charge in [-0.15, -0.1) is 0 Å². The lowest BCUT2D eigenvalue weighted by Gasteiger charge is -2.09. The molecule has 0 aromatic heterocycles. The molecule has 3 amide bonds. The van der Waals surface area contributed by atoms with Gasteiger partial charge in [0.25, 0.3) is 21.6 Å². The Hall–Kier alpha value is -3.47. The summed E-state index contributed by atoms with van der Waals surface area (Å²) in [5.41, 5.74) is 0.397. The van der Waals surface area contributed by atoms with E-state index in [-0.39, 0.29) is 21.7 Å². The van der Waals surface area contributed by atoms with Crippen LogP contribution in [-0.4, -0.2) is 32.3 Å². The molecule has 2 aromatic carbocycles. The molecule has 3 N–H and O–H groups in total. The van der Waals surface area contributed by atoms with Gasteiger partial charge < -0.3 is 10.6 Å². The van der Waals surface area contributed by atoms with Crippen molar-refractivity contribution in [3.63, 3.8) is 0 Å². The molecule has 0 saturated heterocycles. The Morgan fingerprint density at radius 2 is 1.70 bits per heavy atom. The third kappa shape index (κ3) is 4.79. The van der Waals surface area contributed by atoms with E-state index < -0.39 is 26.9 Å². The Kier molecular flexibility index (Phi) is 5.75. The standard InChI is InChI=1S/C16H16N4O6S/c1-10-9-11(3-8-14(10)20(23)24)15(21)19-27(25,26)13-6-4-12(5-7-13)18-16(22)17-2/h3-9H,1-2H3,(H,19,21)(H2,17,18,22). The number of nitrogens with zero attached hydrogens (tertiary/aromatic N) is 1. The van der Waals surface area contributed by atoms with Crippen LogP contribution in [-0.2, 0) is 10.0 Å². The van der Waals surface area contributed by atoms with Crippen LogP contribution in [0.5, 0.6) is 0 Å². The highest BCUT2D eigenvalue weighted by atomic mass is 32.2. The van der Waals surface area contributed by atoms with Crippen LogP contribution in [0, 0.1) is 17.0 Å². The molecule has 27 heavy (non-hydrogen) atoms. The van der Waals surface area contributed by atoms with E-state index >= 15 is 0 Å². The van der Waals surface area contributed by atoms with E-state index in [0.717, 1.165) is 6.07 Å². The van der Waals surface area contributed by atoms with Crippen molar-refractivity contribution in [1.82, 2.24) is 10.0 Å². The first-order valence-corrected chi connectivity index (χ1v) is 9.03. The van der Waals surface area contributed by atoms with Crippen LogP contribution in [0.2, 0.25) is 0 Å². The van der Waals surface area contributed by atoms with Crippen molar-refractivity contribution in [2.75, 3.05) is 12.4 Å². The second-order valence-electron chi connectivity index (χ2n) is 5.42. The quantitative estimate of drug-likeness (QED) is 0.522. The van der Waals surface area contributed by atoms with E-state index in [0.29, 0.717) is 5.69 Å². The average Bonchev–Trinajstić information content (AvgIpc) is 2.61. The predicted octanol–water partition coefficient (Wildman–Crippen LogP) is 1.77. The summed E-state index contributed by atoms with van der Waals surface area (Å²) in [6.45, 7) is 1.45. The Labute approximate surface area is 154 Å². The number of aryl methyl sites for hydroxylation is 1. The van der Waals surface area contributed by atoms with Crippen LogP contribution in [0.15, 0.2) is 47.4 Å². The van der Waals surface area contributed by atoms with Crippen LogP contribution < -0.4 is 15.4 Å². The summed E-state index contributed by atoms with van der Waals surface area (Å²) in [7, 11) is -2.73. The van der Waals surface area contributed by atoms with Gasteiger partial charge in [-0.3, -0.25) is 14.9 Å². The largest absolute Gasteiger partial charge is 0.341 e. The van der Waals surface area contributed by atoms with Gasteiger partial charge in [-0.25, -0.2) is 17.9 Å². The van der Waals surface area contributed by atoms with Gasteiger partial charge in [0.15, 0.2) is 0 Å².